The molecule has 0 radical (unpaired) electrons. The van der Waals surface area contributed by atoms with Gasteiger partial charge in [0, 0.05) is 5.92 Å². The molecule has 0 spiro atoms. The second kappa shape index (κ2) is 1.74. The van der Waals surface area contributed by atoms with E-state index in [-0.39, 0.29) is 6.29 Å². The lowest BCUT2D eigenvalue weighted by Gasteiger charge is -2.34. The third-order valence-corrected chi connectivity index (χ3v) is 3.15. The first-order chi connectivity index (χ1) is 4.93. The van der Waals surface area contributed by atoms with Gasteiger partial charge < -0.3 is 9.47 Å². The minimum atomic E-state index is 0.192. The van der Waals surface area contributed by atoms with Crippen molar-refractivity contribution in [2.75, 3.05) is 6.61 Å². The molecule has 10 heavy (non-hydrogen) atoms. The Bertz CT molecular complexity index is 141. The van der Waals surface area contributed by atoms with Crippen molar-refractivity contribution >= 4 is 0 Å². The molecule has 4 unspecified atom stereocenters. The summed E-state index contributed by atoms with van der Waals surface area (Å²) in [5.41, 5.74) is 0. The highest BCUT2D eigenvalue weighted by atomic mass is 16.7. The molecular formula is C8H12O2. The standard InChI is InChI=1S/C8H12O2/c1-2-9-8-7-4-6(10-8)3-5(1)7/h5-8H,1-4H2. The molecule has 0 aromatic carbocycles. The Hall–Kier alpha value is -0.0800. The van der Waals surface area contributed by atoms with Crippen LogP contribution in [-0.4, -0.2) is 19.0 Å². The Kier molecular flexibility index (Phi) is 0.968. The van der Waals surface area contributed by atoms with Crippen LogP contribution in [0.2, 0.25) is 0 Å². The van der Waals surface area contributed by atoms with Crippen LogP contribution in [0.1, 0.15) is 19.3 Å². The fraction of sp³-hybridized carbons (Fsp3) is 1.00. The van der Waals surface area contributed by atoms with E-state index in [2.05, 4.69) is 0 Å². The molecular weight excluding hydrogens is 128 g/mol. The van der Waals surface area contributed by atoms with E-state index in [1.165, 1.54) is 19.3 Å². The normalized spacial score (nSPS) is 57.6. The summed E-state index contributed by atoms with van der Waals surface area (Å²) in [6.45, 7) is 0.929. The molecule has 0 N–H and O–H groups in total. The summed E-state index contributed by atoms with van der Waals surface area (Å²) in [5.74, 6) is 1.70. The van der Waals surface area contributed by atoms with Crippen LogP contribution in [0.25, 0.3) is 0 Å². The van der Waals surface area contributed by atoms with Crippen molar-refractivity contribution < 1.29 is 9.47 Å². The van der Waals surface area contributed by atoms with E-state index in [1.807, 2.05) is 0 Å². The second-order valence-corrected chi connectivity index (χ2v) is 3.68. The van der Waals surface area contributed by atoms with E-state index in [0.717, 1.165) is 18.4 Å². The van der Waals surface area contributed by atoms with Crippen molar-refractivity contribution in [2.24, 2.45) is 11.8 Å². The van der Waals surface area contributed by atoms with E-state index < -0.39 is 0 Å². The zero-order valence-corrected chi connectivity index (χ0v) is 5.95. The third-order valence-electron chi connectivity index (χ3n) is 3.15. The molecule has 2 aliphatic heterocycles. The van der Waals surface area contributed by atoms with Gasteiger partial charge in [-0.3, -0.25) is 0 Å². The Morgan fingerprint density at radius 3 is 2.90 bits per heavy atom. The van der Waals surface area contributed by atoms with Gasteiger partial charge in [0.05, 0.1) is 12.7 Å². The summed E-state index contributed by atoms with van der Waals surface area (Å²) in [4.78, 5) is 0. The van der Waals surface area contributed by atoms with Crippen LogP contribution < -0.4 is 0 Å². The van der Waals surface area contributed by atoms with Gasteiger partial charge in [-0.15, -0.1) is 0 Å². The zero-order chi connectivity index (χ0) is 6.55. The average molecular weight is 140 g/mol. The lowest BCUT2D eigenvalue weighted by atomic mass is 9.90. The highest BCUT2D eigenvalue weighted by Crippen LogP contribution is 2.48. The molecule has 4 atom stereocenters. The van der Waals surface area contributed by atoms with Crippen molar-refractivity contribution in [3.63, 3.8) is 0 Å². The smallest absolute Gasteiger partial charge is 0.161 e. The lowest BCUT2D eigenvalue weighted by molar-refractivity contribution is -0.207. The van der Waals surface area contributed by atoms with Gasteiger partial charge in [0.1, 0.15) is 0 Å². The molecule has 2 heteroatoms. The second-order valence-electron chi connectivity index (χ2n) is 3.68. The molecule has 3 aliphatic rings. The maximum absolute atomic E-state index is 5.61. The van der Waals surface area contributed by atoms with Crippen LogP contribution in [0.15, 0.2) is 0 Å². The molecule has 0 aromatic rings. The van der Waals surface area contributed by atoms with Gasteiger partial charge in [0.2, 0.25) is 0 Å². The van der Waals surface area contributed by atoms with Gasteiger partial charge in [-0.05, 0) is 25.2 Å². The van der Waals surface area contributed by atoms with Crippen LogP contribution in [0, 0.1) is 11.8 Å². The van der Waals surface area contributed by atoms with E-state index in [9.17, 15) is 0 Å². The molecule has 0 amide bonds. The van der Waals surface area contributed by atoms with Crippen molar-refractivity contribution in [2.45, 2.75) is 31.7 Å². The topological polar surface area (TPSA) is 18.5 Å². The predicted octanol–water partition coefficient (Wildman–Crippen LogP) is 1.16. The van der Waals surface area contributed by atoms with Crippen molar-refractivity contribution in [1.29, 1.82) is 0 Å². The predicted molar refractivity (Wildman–Crippen MR) is 35.4 cm³/mol. The maximum Gasteiger partial charge on any atom is 0.161 e. The molecule has 1 saturated carbocycles. The van der Waals surface area contributed by atoms with Crippen molar-refractivity contribution in [1.82, 2.24) is 0 Å². The molecule has 3 rings (SSSR count). The number of rotatable bonds is 0. The highest BCUT2D eigenvalue weighted by molar-refractivity contribution is 4.93. The summed E-state index contributed by atoms with van der Waals surface area (Å²) >= 11 is 0. The monoisotopic (exact) mass is 140 g/mol. The Balaban J connectivity index is 1.91. The first-order valence-electron chi connectivity index (χ1n) is 4.20. The SMILES string of the molecule is C1CC2CC3CC2C(O1)O3. The lowest BCUT2D eigenvalue weighted by Crippen LogP contribution is -2.36. The Labute approximate surface area is 60.5 Å². The molecule has 2 nitrogen and oxygen atoms in total. The van der Waals surface area contributed by atoms with Gasteiger partial charge in [0.25, 0.3) is 0 Å². The summed E-state index contributed by atoms with van der Waals surface area (Å²) in [6, 6.07) is 0. The Morgan fingerprint density at radius 2 is 2.20 bits per heavy atom. The maximum atomic E-state index is 5.61. The van der Waals surface area contributed by atoms with E-state index in [0.29, 0.717) is 6.10 Å². The Morgan fingerprint density at radius 1 is 1.20 bits per heavy atom. The van der Waals surface area contributed by atoms with Gasteiger partial charge in [-0.2, -0.15) is 0 Å². The molecule has 1 aliphatic carbocycles. The van der Waals surface area contributed by atoms with Gasteiger partial charge in [-0.25, -0.2) is 0 Å². The fourth-order valence-corrected chi connectivity index (χ4v) is 2.67. The minimum absolute atomic E-state index is 0.192. The highest BCUT2D eigenvalue weighted by Gasteiger charge is 2.49. The quantitative estimate of drug-likeness (QED) is 0.502. The van der Waals surface area contributed by atoms with E-state index in [4.69, 9.17) is 9.47 Å². The van der Waals surface area contributed by atoms with Crippen molar-refractivity contribution in [3.05, 3.63) is 0 Å². The molecule has 2 bridgehead atoms. The number of fused-ring (bicyclic) bond motifs is 1. The van der Waals surface area contributed by atoms with E-state index in [1.54, 1.807) is 0 Å². The average Bonchev–Trinajstić information content (AvgIpc) is 2.40. The number of ether oxygens (including phenoxy) is 2. The van der Waals surface area contributed by atoms with E-state index >= 15 is 0 Å². The molecule has 2 saturated heterocycles. The summed E-state index contributed by atoms with van der Waals surface area (Å²) < 4.78 is 11.1. The molecule has 0 aromatic heterocycles. The zero-order valence-electron chi connectivity index (χ0n) is 5.95. The minimum Gasteiger partial charge on any atom is -0.352 e. The van der Waals surface area contributed by atoms with Gasteiger partial charge in [0.15, 0.2) is 6.29 Å². The number of hydrogen-bond donors (Lipinski definition) is 0. The summed E-state index contributed by atoms with van der Waals surface area (Å²) in [7, 11) is 0. The van der Waals surface area contributed by atoms with Crippen LogP contribution in [0.3, 0.4) is 0 Å². The first-order valence-corrected chi connectivity index (χ1v) is 4.20. The fourth-order valence-electron chi connectivity index (χ4n) is 2.67. The van der Waals surface area contributed by atoms with Crippen LogP contribution in [0.5, 0.6) is 0 Å². The first kappa shape index (κ1) is 5.56. The summed E-state index contributed by atoms with van der Waals surface area (Å²) in [6.07, 6.45) is 4.61. The molecule has 56 valence electrons. The third kappa shape index (κ3) is 0.565. The largest absolute Gasteiger partial charge is 0.352 e. The van der Waals surface area contributed by atoms with Crippen LogP contribution in [0.4, 0.5) is 0 Å². The van der Waals surface area contributed by atoms with Crippen molar-refractivity contribution in [3.8, 4) is 0 Å². The van der Waals surface area contributed by atoms with Gasteiger partial charge >= 0.3 is 0 Å². The van der Waals surface area contributed by atoms with Gasteiger partial charge in [-0.1, -0.05) is 0 Å². The van der Waals surface area contributed by atoms with Crippen LogP contribution >= 0.6 is 0 Å². The number of hydrogen-bond acceptors (Lipinski definition) is 2. The molecule has 2 heterocycles. The summed E-state index contributed by atoms with van der Waals surface area (Å²) in [5, 5.41) is 0. The van der Waals surface area contributed by atoms with Crippen LogP contribution in [-0.2, 0) is 9.47 Å². The molecule has 3 fully saturated rings.